The molecule has 0 aliphatic carbocycles. The van der Waals surface area contributed by atoms with Gasteiger partial charge in [0, 0.05) is 33.7 Å². The van der Waals surface area contributed by atoms with E-state index in [2.05, 4.69) is 10.6 Å². The zero-order valence-electron chi connectivity index (χ0n) is 19.6. The van der Waals surface area contributed by atoms with Gasteiger partial charge in [-0.3, -0.25) is 9.59 Å². The Morgan fingerprint density at radius 1 is 0.788 bits per heavy atom. The van der Waals surface area contributed by atoms with Gasteiger partial charge in [-0.2, -0.15) is 0 Å². The fraction of sp³-hybridized carbons (Fsp3) is 0.400. The predicted octanol–water partition coefficient (Wildman–Crippen LogP) is 1.82. The van der Waals surface area contributed by atoms with Crippen molar-refractivity contribution >= 4 is 17.6 Å². The van der Waals surface area contributed by atoms with Gasteiger partial charge in [0.25, 0.3) is 0 Å². The van der Waals surface area contributed by atoms with Crippen molar-refractivity contribution in [3.8, 4) is 0 Å². The van der Waals surface area contributed by atoms with E-state index in [0.29, 0.717) is 13.1 Å². The molecule has 0 aliphatic rings. The maximum atomic E-state index is 11.9. The van der Waals surface area contributed by atoms with Crippen LogP contribution >= 0.6 is 0 Å². The minimum atomic E-state index is -0.598. The highest BCUT2D eigenvalue weighted by Crippen LogP contribution is 2.06. The van der Waals surface area contributed by atoms with Crippen LogP contribution in [0.1, 0.15) is 24.5 Å². The second kappa shape index (κ2) is 16.5. The Morgan fingerprint density at radius 2 is 1.24 bits per heavy atom. The van der Waals surface area contributed by atoms with Crippen molar-refractivity contribution in [2.75, 3.05) is 27.4 Å². The van der Waals surface area contributed by atoms with Crippen LogP contribution in [0.15, 0.2) is 60.7 Å². The zero-order valence-corrected chi connectivity index (χ0v) is 19.6. The quantitative estimate of drug-likeness (QED) is 0.447. The first-order valence-corrected chi connectivity index (χ1v) is 10.7. The number of carbonyl (C=O) groups is 3. The van der Waals surface area contributed by atoms with Crippen LogP contribution in [0.5, 0.6) is 0 Å². The van der Waals surface area contributed by atoms with E-state index in [9.17, 15) is 14.4 Å². The first-order valence-electron chi connectivity index (χ1n) is 10.7. The second-order valence-corrected chi connectivity index (χ2v) is 7.53. The Balaban J connectivity index is 0.000000335. The fourth-order valence-electron chi connectivity index (χ4n) is 2.88. The van der Waals surface area contributed by atoms with Gasteiger partial charge in [0.05, 0.1) is 19.1 Å². The van der Waals surface area contributed by atoms with Crippen molar-refractivity contribution in [1.82, 2.24) is 10.6 Å². The molecule has 33 heavy (non-hydrogen) atoms. The summed E-state index contributed by atoms with van der Waals surface area (Å²) in [5.74, 6) is -0.750. The lowest BCUT2D eigenvalue weighted by Crippen LogP contribution is -2.43. The number of methoxy groups -OCH3 is 2. The summed E-state index contributed by atoms with van der Waals surface area (Å²) in [5, 5.41) is 5.56. The molecule has 0 heterocycles. The molecule has 0 aromatic heterocycles. The van der Waals surface area contributed by atoms with Crippen molar-refractivity contribution in [1.29, 1.82) is 0 Å². The molecule has 2 rings (SSSR count). The van der Waals surface area contributed by atoms with Gasteiger partial charge in [0.15, 0.2) is 0 Å². The van der Waals surface area contributed by atoms with E-state index in [1.807, 2.05) is 60.7 Å². The number of carbonyl (C=O) groups excluding carboxylic acids is 3. The maximum Gasteiger partial charge on any atom is 0.239 e. The van der Waals surface area contributed by atoms with Gasteiger partial charge in [-0.1, -0.05) is 60.7 Å². The summed E-state index contributed by atoms with van der Waals surface area (Å²) < 4.78 is 9.76. The summed E-state index contributed by atoms with van der Waals surface area (Å²) >= 11 is 0. The number of ketones is 1. The molecule has 4 N–H and O–H groups in total. The molecule has 180 valence electrons. The largest absolute Gasteiger partial charge is 0.384 e. The van der Waals surface area contributed by atoms with Crippen LogP contribution in [0.25, 0.3) is 0 Å². The molecular formula is C25H35N3O5. The van der Waals surface area contributed by atoms with Crippen molar-refractivity contribution in [2.45, 2.75) is 32.5 Å². The molecule has 1 unspecified atom stereocenters. The molecule has 0 spiro atoms. The average molecular weight is 458 g/mol. The van der Waals surface area contributed by atoms with Crippen LogP contribution in [0.2, 0.25) is 0 Å². The van der Waals surface area contributed by atoms with Gasteiger partial charge in [-0.15, -0.1) is 0 Å². The predicted molar refractivity (Wildman–Crippen MR) is 127 cm³/mol. The number of hydrogen-bond donors (Lipinski definition) is 3. The van der Waals surface area contributed by atoms with Gasteiger partial charge >= 0.3 is 0 Å². The lowest BCUT2D eigenvalue weighted by atomic mass is 10.0. The highest BCUT2D eigenvalue weighted by atomic mass is 16.5. The summed E-state index contributed by atoms with van der Waals surface area (Å²) in [6.07, 6.45) is 0.217. The zero-order chi connectivity index (χ0) is 24.5. The highest BCUT2D eigenvalue weighted by molar-refractivity contribution is 5.85. The van der Waals surface area contributed by atoms with Gasteiger partial charge in [-0.25, -0.2) is 0 Å². The van der Waals surface area contributed by atoms with Crippen LogP contribution in [-0.4, -0.2) is 51.1 Å². The Hall–Kier alpha value is -3.07. The number of amides is 2. The first kappa shape index (κ1) is 28.0. The molecule has 0 saturated carbocycles. The summed E-state index contributed by atoms with van der Waals surface area (Å²) in [4.78, 5) is 34.4. The molecule has 2 aromatic carbocycles. The third kappa shape index (κ3) is 12.5. The minimum absolute atomic E-state index is 0.00749. The third-order valence-corrected chi connectivity index (χ3v) is 4.57. The summed E-state index contributed by atoms with van der Waals surface area (Å²) in [7, 11) is 3.04. The van der Waals surface area contributed by atoms with E-state index in [1.165, 1.54) is 21.1 Å². The second-order valence-electron chi connectivity index (χ2n) is 7.53. The van der Waals surface area contributed by atoms with E-state index < -0.39 is 12.0 Å². The van der Waals surface area contributed by atoms with E-state index in [1.54, 1.807) is 0 Å². The number of benzene rings is 2. The number of nitrogens with one attached hydrogen (secondary N) is 2. The summed E-state index contributed by atoms with van der Waals surface area (Å²) in [5.41, 5.74) is 7.64. The van der Waals surface area contributed by atoms with Crippen LogP contribution in [0.3, 0.4) is 0 Å². The van der Waals surface area contributed by atoms with Gasteiger partial charge < -0.3 is 30.6 Å². The summed E-state index contributed by atoms with van der Waals surface area (Å²) in [6, 6.07) is 18.7. The molecule has 0 fully saturated rings. The molecule has 2 amide bonds. The van der Waals surface area contributed by atoms with Gasteiger partial charge in [0.1, 0.15) is 11.8 Å². The number of ether oxygens (including phenoxy) is 2. The van der Waals surface area contributed by atoms with Crippen molar-refractivity contribution in [3.05, 3.63) is 71.8 Å². The number of nitrogens with two attached hydrogens (primary N) is 1. The van der Waals surface area contributed by atoms with Crippen LogP contribution in [0, 0.1) is 5.92 Å². The Bertz CT molecular complexity index is 830. The Morgan fingerprint density at radius 3 is 1.67 bits per heavy atom. The molecule has 0 bridgehead atoms. The van der Waals surface area contributed by atoms with Gasteiger partial charge in [0.2, 0.25) is 11.8 Å². The lowest BCUT2D eigenvalue weighted by molar-refractivity contribution is -0.130. The smallest absolute Gasteiger partial charge is 0.239 e. The lowest BCUT2D eigenvalue weighted by Gasteiger charge is -2.14. The fourth-order valence-corrected chi connectivity index (χ4v) is 2.88. The molecule has 2 aromatic rings. The van der Waals surface area contributed by atoms with E-state index in [0.717, 1.165) is 11.1 Å². The van der Waals surface area contributed by atoms with Crippen LogP contribution in [-0.2, 0) is 36.9 Å². The topological polar surface area (TPSA) is 120 Å². The normalized spacial score (nSPS) is 12.0. The van der Waals surface area contributed by atoms with Gasteiger partial charge in [-0.05, 0) is 18.1 Å². The Labute approximate surface area is 195 Å². The third-order valence-electron chi connectivity index (χ3n) is 4.57. The highest BCUT2D eigenvalue weighted by Gasteiger charge is 2.19. The van der Waals surface area contributed by atoms with Crippen LogP contribution in [0.4, 0.5) is 0 Å². The number of Topliss-reactive ketones (excluding diaryl/α,β-unsaturated/α-hetero) is 1. The average Bonchev–Trinajstić information content (AvgIpc) is 2.82. The van der Waals surface area contributed by atoms with E-state index >= 15 is 0 Å². The monoisotopic (exact) mass is 457 g/mol. The SMILES string of the molecule is COCC(N)C(=O)NCc1ccccc1.COC[C@@H](CC(C)=O)C(=O)NCc1ccccc1. The van der Waals surface area contributed by atoms with E-state index in [4.69, 9.17) is 15.2 Å². The number of hydrogen-bond acceptors (Lipinski definition) is 6. The first-order chi connectivity index (χ1) is 15.9. The Kier molecular flexibility index (Phi) is 14.0. The molecule has 0 radical (unpaired) electrons. The molecule has 8 heteroatoms. The molecule has 2 atom stereocenters. The van der Waals surface area contributed by atoms with Crippen molar-refractivity contribution in [2.24, 2.45) is 11.7 Å². The molecule has 0 saturated heterocycles. The molecule has 8 nitrogen and oxygen atoms in total. The molecular weight excluding hydrogens is 422 g/mol. The molecule has 0 aliphatic heterocycles. The minimum Gasteiger partial charge on any atom is -0.384 e. The summed E-state index contributed by atoms with van der Waals surface area (Å²) in [6.45, 7) is 2.95. The number of rotatable bonds is 12. The standard InChI is InChI=1S/C14H19NO3.C11H16N2O2/c1-11(16)8-13(10-18-2)14(17)15-9-12-6-4-3-5-7-12;1-15-8-10(12)11(14)13-7-9-5-3-2-4-6-9/h3-7,13H,8-10H2,1-2H3,(H,15,17);2-6,10H,7-8,12H2,1H3,(H,13,14)/t13-;/m1./s1. The maximum absolute atomic E-state index is 11.9. The van der Waals surface area contributed by atoms with Crippen LogP contribution < -0.4 is 16.4 Å². The van der Waals surface area contributed by atoms with E-state index in [-0.39, 0.29) is 37.2 Å². The van der Waals surface area contributed by atoms with Crippen molar-refractivity contribution < 1.29 is 23.9 Å². The van der Waals surface area contributed by atoms with Crippen molar-refractivity contribution in [3.63, 3.8) is 0 Å².